The molecule has 0 aliphatic heterocycles. The molecule has 9 nitrogen and oxygen atoms in total. The molecule has 0 bridgehead atoms. The van der Waals surface area contributed by atoms with Crippen LogP contribution in [0.1, 0.15) is 29.8 Å². The Morgan fingerprint density at radius 1 is 0.800 bits per heavy atom. The number of esters is 1. The van der Waals surface area contributed by atoms with Crippen molar-refractivity contribution in [3.8, 4) is 17.2 Å². The van der Waals surface area contributed by atoms with Crippen molar-refractivity contribution in [2.24, 2.45) is 5.10 Å². The van der Waals surface area contributed by atoms with E-state index in [4.69, 9.17) is 14.2 Å². The molecule has 0 spiro atoms. The molecule has 9 heteroatoms. The number of benzene rings is 3. The van der Waals surface area contributed by atoms with Crippen LogP contribution in [0.5, 0.6) is 17.2 Å². The normalized spacial score (nSPS) is 10.8. The highest BCUT2D eigenvalue weighted by Gasteiger charge is 2.18. The van der Waals surface area contributed by atoms with E-state index in [-0.39, 0.29) is 11.3 Å². The fraction of sp³-hybridized carbons (Fsp3) is 0.154. The summed E-state index contributed by atoms with van der Waals surface area (Å²) in [7, 11) is 1.46. The molecule has 3 rings (SSSR count). The van der Waals surface area contributed by atoms with Gasteiger partial charge < -0.3 is 19.5 Å². The van der Waals surface area contributed by atoms with Gasteiger partial charge in [-0.05, 0) is 50.2 Å². The third-order valence-corrected chi connectivity index (χ3v) is 4.77. The Balaban J connectivity index is 1.71. The number of nitrogens with one attached hydrogen (secondary N) is 2. The average molecular weight is 476 g/mol. The lowest BCUT2D eigenvalue weighted by Gasteiger charge is -2.12. The molecule has 2 N–H and O–H groups in total. The van der Waals surface area contributed by atoms with Crippen LogP contribution in [-0.4, -0.2) is 37.2 Å². The molecule has 0 atom stereocenters. The number of anilines is 1. The summed E-state index contributed by atoms with van der Waals surface area (Å²) in [6.45, 7) is 3.83. The maximum absolute atomic E-state index is 12.7. The summed E-state index contributed by atoms with van der Waals surface area (Å²) in [6.07, 6.45) is 0. The Morgan fingerprint density at radius 2 is 1.40 bits per heavy atom. The summed E-state index contributed by atoms with van der Waals surface area (Å²) >= 11 is 0. The third-order valence-electron chi connectivity index (χ3n) is 4.77. The number of methoxy groups -OCH3 is 1. The van der Waals surface area contributed by atoms with E-state index >= 15 is 0 Å². The van der Waals surface area contributed by atoms with Crippen molar-refractivity contribution in [2.75, 3.05) is 19.0 Å². The van der Waals surface area contributed by atoms with Crippen LogP contribution < -0.4 is 25.0 Å². The van der Waals surface area contributed by atoms with Crippen LogP contribution in [0, 0.1) is 0 Å². The van der Waals surface area contributed by atoms with Crippen molar-refractivity contribution in [1.82, 2.24) is 5.43 Å². The lowest BCUT2D eigenvalue weighted by atomic mass is 10.1. The van der Waals surface area contributed by atoms with Gasteiger partial charge in [0.2, 0.25) is 0 Å². The molecule has 0 aliphatic carbocycles. The smallest absolute Gasteiger partial charge is 0.347 e. The van der Waals surface area contributed by atoms with Gasteiger partial charge in [0, 0.05) is 5.56 Å². The first-order chi connectivity index (χ1) is 16.9. The number of hydrogen-bond donors (Lipinski definition) is 2. The molecule has 0 fully saturated rings. The predicted octanol–water partition coefficient (Wildman–Crippen LogP) is 3.79. The van der Waals surface area contributed by atoms with Gasteiger partial charge in [-0.2, -0.15) is 5.10 Å². The summed E-state index contributed by atoms with van der Waals surface area (Å²) < 4.78 is 16.2. The van der Waals surface area contributed by atoms with Gasteiger partial charge in [-0.15, -0.1) is 0 Å². The Labute approximate surface area is 202 Å². The van der Waals surface area contributed by atoms with Crippen LogP contribution in [0.4, 0.5) is 5.69 Å². The predicted molar refractivity (Wildman–Crippen MR) is 131 cm³/mol. The summed E-state index contributed by atoms with van der Waals surface area (Å²) in [5.41, 5.74) is 3.62. The highest BCUT2D eigenvalue weighted by Crippen LogP contribution is 2.24. The molecule has 0 unspecified atom stereocenters. The Morgan fingerprint density at radius 3 is 2.09 bits per heavy atom. The topological polar surface area (TPSA) is 115 Å². The first-order valence-corrected chi connectivity index (χ1v) is 10.8. The molecular formula is C26H25N3O6. The zero-order valence-corrected chi connectivity index (χ0v) is 19.5. The first kappa shape index (κ1) is 25.0. The number of carbonyl (C=O) groups excluding carboxylic acids is 3. The van der Waals surface area contributed by atoms with Gasteiger partial charge in [0.05, 0.1) is 25.1 Å². The van der Waals surface area contributed by atoms with Crippen LogP contribution in [0.2, 0.25) is 0 Å². The number of hydrogen-bond acceptors (Lipinski definition) is 7. The highest BCUT2D eigenvalue weighted by atomic mass is 16.5. The summed E-state index contributed by atoms with van der Waals surface area (Å²) in [4.78, 5) is 37.3. The van der Waals surface area contributed by atoms with Crippen molar-refractivity contribution < 1.29 is 28.6 Å². The van der Waals surface area contributed by atoms with E-state index < -0.39 is 17.8 Å². The molecule has 2 amide bonds. The van der Waals surface area contributed by atoms with Crippen molar-refractivity contribution >= 4 is 29.2 Å². The van der Waals surface area contributed by atoms with Gasteiger partial charge in [0.25, 0.3) is 0 Å². The molecule has 0 radical (unpaired) electrons. The second-order valence-corrected chi connectivity index (χ2v) is 7.11. The third kappa shape index (κ3) is 6.44. The minimum absolute atomic E-state index is 0.231. The standard InChI is InChI=1S/C26H25N3O6/c1-4-34-23-16-10-7-13-20(23)27-24(30)25(31)29-28-17(2)18-11-5-9-15-22(18)35-26(32)19-12-6-8-14-21(19)33-3/h5-16H,4H2,1-3H3,(H,27,30)(H,29,31)/b28-17+. The van der Waals surface area contributed by atoms with Crippen LogP contribution >= 0.6 is 0 Å². The fourth-order valence-electron chi connectivity index (χ4n) is 3.10. The van der Waals surface area contributed by atoms with Crippen molar-refractivity contribution in [3.05, 3.63) is 83.9 Å². The zero-order valence-electron chi connectivity index (χ0n) is 19.5. The van der Waals surface area contributed by atoms with Gasteiger partial charge in [-0.3, -0.25) is 9.59 Å². The monoisotopic (exact) mass is 475 g/mol. The molecule has 3 aromatic rings. The van der Waals surface area contributed by atoms with Crippen LogP contribution in [0.25, 0.3) is 0 Å². The molecule has 180 valence electrons. The Kier molecular flexibility index (Phi) is 8.55. The largest absolute Gasteiger partial charge is 0.496 e. The molecule has 3 aromatic carbocycles. The van der Waals surface area contributed by atoms with E-state index in [0.717, 1.165) is 0 Å². The summed E-state index contributed by atoms with van der Waals surface area (Å²) in [5.74, 6) is -1.44. The quantitative estimate of drug-likeness (QED) is 0.168. The van der Waals surface area contributed by atoms with E-state index in [9.17, 15) is 14.4 Å². The molecule has 35 heavy (non-hydrogen) atoms. The lowest BCUT2D eigenvalue weighted by molar-refractivity contribution is -0.136. The lowest BCUT2D eigenvalue weighted by Crippen LogP contribution is -2.33. The zero-order chi connectivity index (χ0) is 25.2. The molecular weight excluding hydrogens is 450 g/mol. The number of rotatable bonds is 8. The minimum Gasteiger partial charge on any atom is -0.496 e. The second-order valence-electron chi connectivity index (χ2n) is 7.11. The van der Waals surface area contributed by atoms with Crippen molar-refractivity contribution in [2.45, 2.75) is 13.8 Å². The van der Waals surface area contributed by atoms with E-state index in [0.29, 0.717) is 35.1 Å². The number of ether oxygens (including phenoxy) is 3. The minimum atomic E-state index is -0.973. The highest BCUT2D eigenvalue weighted by molar-refractivity contribution is 6.39. The fourth-order valence-corrected chi connectivity index (χ4v) is 3.10. The maximum atomic E-state index is 12.7. The van der Waals surface area contributed by atoms with Crippen LogP contribution in [0.15, 0.2) is 77.9 Å². The summed E-state index contributed by atoms with van der Waals surface area (Å²) in [6, 6.07) is 20.2. The van der Waals surface area contributed by atoms with E-state index in [2.05, 4.69) is 15.8 Å². The molecule has 0 saturated heterocycles. The summed E-state index contributed by atoms with van der Waals surface area (Å²) in [5, 5.41) is 6.50. The van der Waals surface area contributed by atoms with Gasteiger partial charge in [-0.1, -0.05) is 36.4 Å². The van der Waals surface area contributed by atoms with E-state index in [1.807, 2.05) is 6.92 Å². The van der Waals surface area contributed by atoms with Gasteiger partial charge >= 0.3 is 17.8 Å². The van der Waals surface area contributed by atoms with Crippen molar-refractivity contribution in [3.63, 3.8) is 0 Å². The number of amides is 2. The number of hydrazone groups is 1. The van der Waals surface area contributed by atoms with Gasteiger partial charge in [0.15, 0.2) is 0 Å². The number of nitrogens with zero attached hydrogens (tertiary/aromatic N) is 1. The number of para-hydroxylation sites is 4. The molecule has 0 heterocycles. The SMILES string of the molecule is CCOc1ccccc1NC(=O)C(=O)N/N=C(\C)c1ccccc1OC(=O)c1ccccc1OC. The van der Waals surface area contributed by atoms with E-state index in [1.54, 1.807) is 79.7 Å². The van der Waals surface area contributed by atoms with Gasteiger partial charge in [-0.25, -0.2) is 10.2 Å². The molecule has 0 aromatic heterocycles. The number of carbonyl (C=O) groups is 3. The van der Waals surface area contributed by atoms with Gasteiger partial charge in [0.1, 0.15) is 22.8 Å². The Hall–Kier alpha value is -4.66. The molecule has 0 aliphatic rings. The van der Waals surface area contributed by atoms with Crippen LogP contribution in [0.3, 0.4) is 0 Å². The van der Waals surface area contributed by atoms with Crippen molar-refractivity contribution in [1.29, 1.82) is 0 Å². The first-order valence-electron chi connectivity index (χ1n) is 10.8. The average Bonchev–Trinajstić information content (AvgIpc) is 2.88. The maximum Gasteiger partial charge on any atom is 0.347 e. The van der Waals surface area contributed by atoms with Crippen LogP contribution in [-0.2, 0) is 9.59 Å². The van der Waals surface area contributed by atoms with E-state index in [1.165, 1.54) is 7.11 Å². The Bertz CT molecular complexity index is 1260. The second kappa shape index (κ2) is 12.0. The molecule has 0 saturated carbocycles.